The molecule has 0 aliphatic rings. The highest BCUT2D eigenvalue weighted by Crippen LogP contribution is 2.24. The maximum Gasteiger partial charge on any atom is 0.200 e. The van der Waals surface area contributed by atoms with Crippen LogP contribution in [0.3, 0.4) is 0 Å². The zero-order valence-corrected chi connectivity index (χ0v) is 14.3. The molecule has 1 aromatic carbocycles. The second kappa shape index (κ2) is 6.40. The maximum absolute atomic E-state index is 11.5. The van der Waals surface area contributed by atoms with Gasteiger partial charge in [-0.25, -0.2) is 13.1 Å². The third-order valence-electron chi connectivity index (χ3n) is 2.94. The SMILES string of the molecule is CN(C)/C(Cl)=N/c1c(C#N)cnn1-c1ccc(S(C)(=O)=O)cc1. The normalized spacial score (nSPS) is 12.0. The van der Waals surface area contributed by atoms with E-state index in [9.17, 15) is 13.7 Å². The maximum atomic E-state index is 11.5. The first-order valence-corrected chi connectivity index (χ1v) is 8.71. The molecule has 0 N–H and O–H groups in total. The molecule has 0 saturated heterocycles. The lowest BCUT2D eigenvalue weighted by molar-refractivity contribution is 0.602. The van der Waals surface area contributed by atoms with Crippen LogP contribution in [0.2, 0.25) is 0 Å². The van der Waals surface area contributed by atoms with Crippen molar-refractivity contribution in [1.82, 2.24) is 14.7 Å². The Labute approximate surface area is 139 Å². The minimum absolute atomic E-state index is 0.191. The highest BCUT2D eigenvalue weighted by atomic mass is 35.5. The fraction of sp³-hybridized carbons (Fsp3) is 0.214. The van der Waals surface area contributed by atoms with E-state index in [1.165, 1.54) is 23.0 Å². The largest absolute Gasteiger partial charge is 0.353 e. The molecule has 1 aromatic heterocycles. The topological polar surface area (TPSA) is 91.3 Å². The Morgan fingerprint density at radius 3 is 2.43 bits per heavy atom. The molecule has 0 aliphatic heterocycles. The van der Waals surface area contributed by atoms with Crippen molar-refractivity contribution in [1.29, 1.82) is 5.26 Å². The van der Waals surface area contributed by atoms with Crippen LogP contribution < -0.4 is 0 Å². The predicted molar refractivity (Wildman–Crippen MR) is 88.0 cm³/mol. The Hall–Kier alpha value is -2.37. The van der Waals surface area contributed by atoms with Crippen LogP contribution in [-0.4, -0.2) is 48.7 Å². The summed E-state index contributed by atoms with van der Waals surface area (Å²) < 4.78 is 24.4. The van der Waals surface area contributed by atoms with Gasteiger partial charge in [-0.1, -0.05) is 0 Å². The summed E-state index contributed by atoms with van der Waals surface area (Å²) in [6.07, 6.45) is 2.51. The summed E-state index contributed by atoms with van der Waals surface area (Å²) in [6.45, 7) is 0. The monoisotopic (exact) mass is 351 g/mol. The van der Waals surface area contributed by atoms with E-state index in [2.05, 4.69) is 10.1 Å². The molecule has 0 bridgehead atoms. The van der Waals surface area contributed by atoms with Crippen LogP contribution in [0.5, 0.6) is 0 Å². The van der Waals surface area contributed by atoms with E-state index in [0.717, 1.165) is 6.26 Å². The van der Waals surface area contributed by atoms with E-state index < -0.39 is 9.84 Å². The highest BCUT2D eigenvalue weighted by Gasteiger charge is 2.14. The minimum Gasteiger partial charge on any atom is -0.353 e. The second-order valence-electron chi connectivity index (χ2n) is 4.95. The van der Waals surface area contributed by atoms with E-state index >= 15 is 0 Å². The lowest BCUT2D eigenvalue weighted by Gasteiger charge is -2.10. The van der Waals surface area contributed by atoms with Crippen LogP contribution >= 0.6 is 11.6 Å². The van der Waals surface area contributed by atoms with Gasteiger partial charge in [0, 0.05) is 20.4 Å². The smallest absolute Gasteiger partial charge is 0.200 e. The van der Waals surface area contributed by atoms with Gasteiger partial charge in [0.25, 0.3) is 0 Å². The van der Waals surface area contributed by atoms with Crippen molar-refractivity contribution in [3.63, 3.8) is 0 Å². The first-order chi connectivity index (χ1) is 10.7. The third-order valence-corrected chi connectivity index (χ3v) is 4.49. The number of hydrogen-bond acceptors (Lipinski definition) is 5. The van der Waals surface area contributed by atoms with Crippen molar-refractivity contribution < 1.29 is 8.42 Å². The number of amidine groups is 1. The summed E-state index contributed by atoms with van der Waals surface area (Å²) in [7, 11) is 0.165. The van der Waals surface area contributed by atoms with Crippen molar-refractivity contribution in [3.05, 3.63) is 36.0 Å². The van der Waals surface area contributed by atoms with Gasteiger partial charge in [0.1, 0.15) is 11.6 Å². The number of nitriles is 1. The minimum atomic E-state index is -3.28. The summed E-state index contributed by atoms with van der Waals surface area (Å²) in [5, 5.41) is 13.5. The summed E-state index contributed by atoms with van der Waals surface area (Å²) in [5.74, 6) is 0.276. The van der Waals surface area contributed by atoms with Gasteiger partial charge in [0.05, 0.1) is 16.8 Å². The van der Waals surface area contributed by atoms with Gasteiger partial charge in [0.15, 0.2) is 20.9 Å². The van der Waals surface area contributed by atoms with E-state index in [4.69, 9.17) is 11.6 Å². The molecule has 0 aliphatic carbocycles. The number of halogens is 1. The molecule has 0 radical (unpaired) electrons. The third kappa shape index (κ3) is 3.70. The molecule has 23 heavy (non-hydrogen) atoms. The van der Waals surface area contributed by atoms with Crippen molar-refractivity contribution in [2.75, 3.05) is 20.4 Å². The molecule has 0 atom stereocenters. The summed E-state index contributed by atoms with van der Waals surface area (Å²) in [4.78, 5) is 5.99. The fourth-order valence-electron chi connectivity index (χ4n) is 1.74. The van der Waals surface area contributed by atoms with Crippen LogP contribution in [0.4, 0.5) is 5.82 Å². The summed E-state index contributed by atoms with van der Waals surface area (Å²) >= 11 is 6.03. The molecule has 0 spiro atoms. The van der Waals surface area contributed by atoms with Crippen LogP contribution in [0, 0.1) is 11.3 Å². The van der Waals surface area contributed by atoms with E-state index in [0.29, 0.717) is 5.69 Å². The Morgan fingerprint density at radius 2 is 1.96 bits per heavy atom. The van der Waals surface area contributed by atoms with Gasteiger partial charge in [-0.2, -0.15) is 15.4 Å². The average Bonchev–Trinajstić information content (AvgIpc) is 2.89. The Kier molecular flexibility index (Phi) is 4.73. The van der Waals surface area contributed by atoms with Crippen LogP contribution in [0.15, 0.2) is 40.4 Å². The molecular weight excluding hydrogens is 338 g/mol. The molecule has 9 heteroatoms. The number of rotatable bonds is 3. The molecule has 120 valence electrons. The van der Waals surface area contributed by atoms with E-state index in [1.54, 1.807) is 31.1 Å². The lowest BCUT2D eigenvalue weighted by Crippen LogP contribution is -2.16. The van der Waals surface area contributed by atoms with Crippen molar-refractivity contribution in [2.45, 2.75) is 4.90 Å². The van der Waals surface area contributed by atoms with Gasteiger partial charge < -0.3 is 4.90 Å². The van der Waals surface area contributed by atoms with Gasteiger partial charge in [0.2, 0.25) is 0 Å². The van der Waals surface area contributed by atoms with Crippen LogP contribution in [-0.2, 0) is 9.84 Å². The Balaban J connectivity index is 2.55. The zero-order valence-electron chi connectivity index (χ0n) is 12.7. The molecular formula is C14H14ClN5O2S. The second-order valence-corrected chi connectivity index (χ2v) is 7.30. The number of nitrogens with zero attached hydrogens (tertiary/aromatic N) is 5. The number of hydrogen-bond donors (Lipinski definition) is 0. The van der Waals surface area contributed by atoms with E-state index in [1.807, 2.05) is 6.07 Å². The molecule has 1 heterocycles. The lowest BCUT2D eigenvalue weighted by atomic mass is 10.3. The molecule has 0 amide bonds. The zero-order chi connectivity index (χ0) is 17.2. The van der Waals surface area contributed by atoms with Crippen molar-refractivity contribution in [2.24, 2.45) is 4.99 Å². The predicted octanol–water partition coefficient (Wildman–Crippen LogP) is 1.94. The molecule has 0 unspecified atom stereocenters. The molecule has 2 rings (SSSR count). The molecule has 0 saturated carbocycles. The summed E-state index contributed by atoms with van der Waals surface area (Å²) in [5.41, 5.74) is 0.832. The van der Waals surface area contributed by atoms with Gasteiger partial charge in [-0.15, -0.1) is 0 Å². The number of aromatic nitrogens is 2. The number of sulfone groups is 1. The molecule has 2 aromatic rings. The Bertz CT molecular complexity index is 892. The quantitative estimate of drug-likeness (QED) is 0.478. The van der Waals surface area contributed by atoms with Gasteiger partial charge in [-0.05, 0) is 35.9 Å². The van der Waals surface area contributed by atoms with Crippen LogP contribution in [0.1, 0.15) is 5.56 Å². The summed E-state index contributed by atoms with van der Waals surface area (Å²) in [6, 6.07) is 8.13. The van der Waals surface area contributed by atoms with Crippen molar-refractivity contribution in [3.8, 4) is 11.8 Å². The molecule has 0 fully saturated rings. The Morgan fingerprint density at radius 1 is 1.35 bits per heavy atom. The van der Waals surface area contributed by atoms with Gasteiger partial charge in [-0.3, -0.25) is 0 Å². The standard InChI is InChI=1S/C14H14ClN5O2S/c1-19(2)14(15)18-13-10(8-16)9-17-20(13)11-4-6-12(7-5-11)23(3,21)22/h4-7,9H,1-3H3/b18-14+. The number of aliphatic imine (C=N–C) groups is 1. The van der Waals surface area contributed by atoms with E-state index in [-0.39, 0.29) is 21.6 Å². The van der Waals surface area contributed by atoms with Gasteiger partial charge >= 0.3 is 0 Å². The average molecular weight is 352 g/mol. The first kappa shape index (κ1) is 17.0. The van der Waals surface area contributed by atoms with Crippen molar-refractivity contribution >= 4 is 32.6 Å². The first-order valence-electron chi connectivity index (χ1n) is 6.44. The molecule has 7 nitrogen and oxygen atoms in total. The highest BCUT2D eigenvalue weighted by molar-refractivity contribution is 7.90. The fourth-order valence-corrected chi connectivity index (χ4v) is 2.45. The number of benzene rings is 1. The van der Waals surface area contributed by atoms with Crippen LogP contribution in [0.25, 0.3) is 5.69 Å².